The second kappa shape index (κ2) is 5.92. The summed E-state index contributed by atoms with van der Waals surface area (Å²) >= 11 is 0. The van der Waals surface area contributed by atoms with Gasteiger partial charge in [0.15, 0.2) is 0 Å². The van der Waals surface area contributed by atoms with E-state index >= 15 is 0 Å². The summed E-state index contributed by atoms with van der Waals surface area (Å²) in [6.07, 6.45) is 0. The Labute approximate surface area is 127 Å². The Morgan fingerprint density at radius 1 is 1.41 bits per heavy atom. The number of anilines is 2. The lowest BCUT2D eigenvalue weighted by Crippen LogP contribution is -2.52. The van der Waals surface area contributed by atoms with Crippen LogP contribution in [0.15, 0.2) is 18.2 Å². The largest absolute Gasteiger partial charge is 0.378 e. The number of carbonyl (C=O) groups excluding carboxylic acids is 2. The summed E-state index contributed by atoms with van der Waals surface area (Å²) < 4.78 is 18.6. The molecule has 0 aromatic heterocycles. The molecule has 1 aromatic carbocycles. The summed E-state index contributed by atoms with van der Waals surface area (Å²) in [6.45, 7) is 3.75. The number of nitrogens with one attached hydrogen (secondary N) is 1. The van der Waals surface area contributed by atoms with Gasteiger partial charge in [0.2, 0.25) is 11.8 Å². The molecule has 6 nitrogen and oxygen atoms in total. The second-order valence-corrected chi connectivity index (χ2v) is 5.45. The Kier molecular flexibility index (Phi) is 3.98. The van der Waals surface area contributed by atoms with E-state index in [0.717, 1.165) is 0 Å². The van der Waals surface area contributed by atoms with Gasteiger partial charge >= 0.3 is 0 Å². The van der Waals surface area contributed by atoms with Crippen LogP contribution in [0.3, 0.4) is 0 Å². The maximum Gasteiger partial charge on any atom is 0.249 e. The molecule has 2 aliphatic heterocycles. The fourth-order valence-electron chi connectivity index (χ4n) is 2.72. The minimum atomic E-state index is -0.494. The zero-order valence-electron chi connectivity index (χ0n) is 12.3. The minimum Gasteiger partial charge on any atom is -0.378 e. The molecule has 0 spiro atoms. The van der Waals surface area contributed by atoms with E-state index in [1.54, 1.807) is 11.8 Å². The molecule has 1 saturated heterocycles. The van der Waals surface area contributed by atoms with Crippen LogP contribution in [0.25, 0.3) is 0 Å². The number of amides is 2. The number of ether oxygens (including phenoxy) is 1. The number of morpholine rings is 1. The quantitative estimate of drug-likeness (QED) is 0.879. The molecule has 1 fully saturated rings. The van der Waals surface area contributed by atoms with E-state index in [9.17, 15) is 14.0 Å². The van der Waals surface area contributed by atoms with Gasteiger partial charge in [-0.3, -0.25) is 14.5 Å². The van der Waals surface area contributed by atoms with Gasteiger partial charge in [0.25, 0.3) is 0 Å². The first kappa shape index (κ1) is 14.8. The predicted octanol–water partition coefficient (Wildman–Crippen LogP) is 0.831. The first-order valence-corrected chi connectivity index (χ1v) is 7.29. The van der Waals surface area contributed by atoms with Crippen molar-refractivity contribution in [3.63, 3.8) is 0 Å². The highest BCUT2D eigenvalue weighted by Crippen LogP contribution is 2.32. The van der Waals surface area contributed by atoms with Gasteiger partial charge in [-0.15, -0.1) is 0 Å². The molecule has 2 amide bonds. The monoisotopic (exact) mass is 307 g/mol. The van der Waals surface area contributed by atoms with Gasteiger partial charge in [0, 0.05) is 13.1 Å². The second-order valence-electron chi connectivity index (χ2n) is 5.45. The van der Waals surface area contributed by atoms with Gasteiger partial charge in [-0.05, 0) is 25.1 Å². The minimum absolute atomic E-state index is 0.0382. The van der Waals surface area contributed by atoms with Crippen molar-refractivity contribution in [1.29, 1.82) is 0 Å². The molecular weight excluding hydrogens is 289 g/mol. The fourth-order valence-corrected chi connectivity index (χ4v) is 2.72. The number of benzene rings is 1. The van der Waals surface area contributed by atoms with E-state index in [4.69, 9.17) is 4.74 Å². The normalized spacial score (nSPS) is 21.4. The van der Waals surface area contributed by atoms with E-state index in [0.29, 0.717) is 37.7 Å². The Balaban J connectivity index is 1.82. The van der Waals surface area contributed by atoms with Crippen molar-refractivity contribution < 1.29 is 18.7 Å². The highest BCUT2D eigenvalue weighted by atomic mass is 19.1. The van der Waals surface area contributed by atoms with Crippen molar-refractivity contribution in [3.05, 3.63) is 24.0 Å². The van der Waals surface area contributed by atoms with E-state index in [1.165, 1.54) is 23.1 Å². The Morgan fingerprint density at radius 2 is 2.14 bits per heavy atom. The topological polar surface area (TPSA) is 61.9 Å². The first-order valence-electron chi connectivity index (χ1n) is 7.29. The van der Waals surface area contributed by atoms with Gasteiger partial charge in [-0.2, -0.15) is 0 Å². The smallest absolute Gasteiger partial charge is 0.249 e. The third-order valence-corrected chi connectivity index (χ3v) is 3.92. The number of carbonyl (C=O) groups is 2. The van der Waals surface area contributed by atoms with Crippen LogP contribution in [0.5, 0.6) is 0 Å². The molecule has 0 bridgehead atoms. The first-order chi connectivity index (χ1) is 10.6. The van der Waals surface area contributed by atoms with Crippen LogP contribution in [0.2, 0.25) is 0 Å². The summed E-state index contributed by atoms with van der Waals surface area (Å²) in [7, 11) is 0. The summed E-state index contributed by atoms with van der Waals surface area (Å²) in [5.74, 6) is -0.700. The number of hydrogen-bond donors (Lipinski definition) is 1. The van der Waals surface area contributed by atoms with E-state index < -0.39 is 6.04 Å². The van der Waals surface area contributed by atoms with Crippen molar-refractivity contribution in [2.24, 2.45) is 0 Å². The molecule has 0 aliphatic carbocycles. The summed E-state index contributed by atoms with van der Waals surface area (Å²) in [6, 6.07) is 3.65. The van der Waals surface area contributed by atoms with Gasteiger partial charge < -0.3 is 15.0 Å². The molecule has 1 aromatic rings. The number of halogens is 1. The average molecular weight is 307 g/mol. The molecule has 1 unspecified atom stereocenters. The lowest BCUT2D eigenvalue weighted by atomic mass is 10.1. The molecule has 22 heavy (non-hydrogen) atoms. The molecule has 0 radical (unpaired) electrons. The highest BCUT2D eigenvalue weighted by molar-refractivity contribution is 6.07. The Hall–Kier alpha value is -2.15. The van der Waals surface area contributed by atoms with E-state index in [1.807, 2.05) is 0 Å². The van der Waals surface area contributed by atoms with Crippen LogP contribution in [-0.4, -0.2) is 55.6 Å². The van der Waals surface area contributed by atoms with Crippen molar-refractivity contribution in [2.75, 3.05) is 43.1 Å². The summed E-state index contributed by atoms with van der Waals surface area (Å²) in [5.41, 5.74) is 1.06. The van der Waals surface area contributed by atoms with Crippen LogP contribution in [0.1, 0.15) is 6.92 Å². The van der Waals surface area contributed by atoms with Gasteiger partial charge in [-0.25, -0.2) is 4.39 Å². The molecule has 2 aliphatic rings. The molecule has 1 atom stereocenters. The third kappa shape index (κ3) is 2.76. The zero-order valence-corrected chi connectivity index (χ0v) is 12.3. The van der Waals surface area contributed by atoms with Crippen molar-refractivity contribution in [2.45, 2.75) is 13.0 Å². The van der Waals surface area contributed by atoms with Gasteiger partial charge in [0.1, 0.15) is 18.4 Å². The predicted molar refractivity (Wildman–Crippen MR) is 79.2 cm³/mol. The fraction of sp³-hybridized carbons (Fsp3) is 0.467. The third-order valence-electron chi connectivity index (χ3n) is 3.92. The number of hydrogen-bond acceptors (Lipinski definition) is 4. The SMILES string of the molecule is CC1Nc2cc(F)ccc2N(CC(=O)N2CCOCC2)C1=O. The standard InChI is InChI=1S/C15H18FN3O3/c1-10-15(21)19(9-14(20)18-4-6-22-7-5-18)13-3-2-11(16)8-12(13)17-10/h2-3,8,10,17H,4-7,9H2,1H3. The zero-order chi connectivity index (χ0) is 15.7. The maximum atomic E-state index is 13.4. The number of rotatable bonds is 2. The van der Waals surface area contributed by atoms with E-state index in [2.05, 4.69) is 5.32 Å². The van der Waals surface area contributed by atoms with Crippen LogP contribution in [-0.2, 0) is 14.3 Å². The van der Waals surface area contributed by atoms with Crippen LogP contribution < -0.4 is 10.2 Å². The van der Waals surface area contributed by atoms with Crippen LogP contribution in [0.4, 0.5) is 15.8 Å². The lowest BCUT2D eigenvalue weighted by Gasteiger charge is -2.35. The number of fused-ring (bicyclic) bond motifs is 1. The number of nitrogens with zero attached hydrogens (tertiary/aromatic N) is 2. The molecule has 2 heterocycles. The molecule has 1 N–H and O–H groups in total. The molecule has 0 saturated carbocycles. The molecular formula is C15H18FN3O3. The summed E-state index contributed by atoms with van der Waals surface area (Å²) in [4.78, 5) is 27.9. The van der Waals surface area contributed by atoms with Crippen molar-refractivity contribution in [3.8, 4) is 0 Å². The molecule has 3 rings (SSSR count). The summed E-state index contributed by atoms with van der Waals surface area (Å²) in [5, 5.41) is 2.96. The lowest BCUT2D eigenvalue weighted by molar-refractivity contribution is -0.135. The van der Waals surface area contributed by atoms with Crippen LogP contribution >= 0.6 is 0 Å². The Morgan fingerprint density at radius 3 is 2.86 bits per heavy atom. The van der Waals surface area contributed by atoms with Crippen molar-refractivity contribution >= 4 is 23.2 Å². The van der Waals surface area contributed by atoms with E-state index in [-0.39, 0.29) is 24.2 Å². The average Bonchev–Trinajstić information content (AvgIpc) is 2.52. The van der Waals surface area contributed by atoms with Crippen LogP contribution in [0, 0.1) is 5.82 Å². The maximum absolute atomic E-state index is 13.4. The molecule has 7 heteroatoms. The van der Waals surface area contributed by atoms with Gasteiger partial charge in [0.05, 0.1) is 24.6 Å². The van der Waals surface area contributed by atoms with Crippen molar-refractivity contribution in [1.82, 2.24) is 4.90 Å². The Bertz CT molecular complexity index is 602. The molecule has 118 valence electrons. The van der Waals surface area contributed by atoms with Gasteiger partial charge in [-0.1, -0.05) is 0 Å². The highest BCUT2D eigenvalue weighted by Gasteiger charge is 2.32.